The average molecular weight is 316 g/mol. The van der Waals surface area contributed by atoms with Crippen LogP contribution < -0.4 is 10.2 Å². The van der Waals surface area contributed by atoms with Crippen LogP contribution in [0, 0.1) is 5.82 Å². The van der Waals surface area contributed by atoms with Crippen molar-refractivity contribution in [3.63, 3.8) is 0 Å². The van der Waals surface area contributed by atoms with Gasteiger partial charge in [-0.05, 0) is 49.5 Å². The molecule has 1 N–H and O–H groups in total. The van der Waals surface area contributed by atoms with E-state index in [1.165, 1.54) is 29.2 Å². The monoisotopic (exact) mass is 316 g/mol. The molecule has 1 fully saturated rings. The zero-order valence-electron chi connectivity index (χ0n) is 11.8. The lowest BCUT2D eigenvalue weighted by Crippen LogP contribution is -2.30. The average Bonchev–Trinajstić information content (AvgIpc) is 3.06. The van der Waals surface area contributed by atoms with Gasteiger partial charge in [0.15, 0.2) is 5.11 Å². The predicted octanol–water partition coefficient (Wildman–Crippen LogP) is 2.30. The van der Waals surface area contributed by atoms with Crippen molar-refractivity contribution >= 4 is 35.0 Å². The van der Waals surface area contributed by atoms with E-state index in [4.69, 9.17) is 12.2 Å². The first-order valence-electron chi connectivity index (χ1n) is 6.73. The van der Waals surface area contributed by atoms with Crippen molar-refractivity contribution in [2.45, 2.75) is 13.5 Å². The molecular weight excluding hydrogens is 303 g/mol. The SMILES string of the molecule is CCn1cc(/C=C2/NC(=S)N(c3ccc(F)cc3)C2=O)cn1. The first-order chi connectivity index (χ1) is 10.6. The summed E-state index contributed by atoms with van der Waals surface area (Å²) >= 11 is 5.19. The van der Waals surface area contributed by atoms with Gasteiger partial charge in [-0.2, -0.15) is 5.10 Å². The molecule has 2 aromatic rings. The molecule has 1 aromatic heterocycles. The number of anilines is 1. The number of nitrogens with one attached hydrogen (secondary N) is 1. The minimum atomic E-state index is -0.364. The van der Waals surface area contributed by atoms with Crippen LogP contribution in [0.2, 0.25) is 0 Å². The zero-order valence-corrected chi connectivity index (χ0v) is 12.6. The highest BCUT2D eigenvalue weighted by Crippen LogP contribution is 2.22. The van der Waals surface area contributed by atoms with Crippen LogP contribution in [0.4, 0.5) is 10.1 Å². The summed E-state index contributed by atoms with van der Waals surface area (Å²) in [6.45, 7) is 2.74. The summed E-state index contributed by atoms with van der Waals surface area (Å²) in [6.07, 6.45) is 5.21. The first-order valence-corrected chi connectivity index (χ1v) is 7.14. The van der Waals surface area contributed by atoms with Gasteiger partial charge >= 0.3 is 0 Å². The maximum Gasteiger partial charge on any atom is 0.281 e. The highest BCUT2D eigenvalue weighted by Gasteiger charge is 2.31. The van der Waals surface area contributed by atoms with Crippen molar-refractivity contribution in [2.24, 2.45) is 0 Å². The minimum absolute atomic E-state index is 0.269. The van der Waals surface area contributed by atoms with Gasteiger partial charge in [0.1, 0.15) is 11.5 Å². The van der Waals surface area contributed by atoms with E-state index in [-0.39, 0.29) is 16.8 Å². The lowest BCUT2D eigenvalue weighted by molar-refractivity contribution is -0.113. The molecule has 1 aliphatic rings. The van der Waals surface area contributed by atoms with Gasteiger partial charge in [-0.25, -0.2) is 4.39 Å². The fourth-order valence-corrected chi connectivity index (χ4v) is 2.45. The molecule has 22 heavy (non-hydrogen) atoms. The number of aromatic nitrogens is 2. The molecular formula is C15H13FN4OS. The summed E-state index contributed by atoms with van der Waals surface area (Å²) in [7, 11) is 0. The van der Waals surface area contributed by atoms with E-state index in [0.29, 0.717) is 11.4 Å². The number of hydrogen-bond donors (Lipinski definition) is 1. The fourth-order valence-electron chi connectivity index (χ4n) is 2.15. The lowest BCUT2D eigenvalue weighted by Gasteiger charge is -2.13. The molecule has 0 spiro atoms. The Bertz CT molecular complexity index is 766. The second-order valence-corrected chi connectivity index (χ2v) is 5.12. The number of benzene rings is 1. The number of aryl methyl sites for hydroxylation is 1. The van der Waals surface area contributed by atoms with Crippen LogP contribution in [-0.2, 0) is 11.3 Å². The third kappa shape index (κ3) is 2.62. The first kappa shape index (κ1) is 14.4. The van der Waals surface area contributed by atoms with Crippen LogP contribution in [0.1, 0.15) is 12.5 Å². The molecule has 0 unspecified atom stereocenters. The van der Waals surface area contributed by atoms with Crippen molar-refractivity contribution in [3.8, 4) is 0 Å². The Labute approximate surface area is 132 Å². The quantitative estimate of drug-likeness (QED) is 0.697. The van der Waals surface area contributed by atoms with Crippen LogP contribution in [-0.4, -0.2) is 20.8 Å². The summed E-state index contributed by atoms with van der Waals surface area (Å²) in [5.74, 6) is -0.641. The summed E-state index contributed by atoms with van der Waals surface area (Å²) in [6, 6.07) is 5.61. The van der Waals surface area contributed by atoms with Crippen LogP contribution in [0.5, 0.6) is 0 Å². The van der Waals surface area contributed by atoms with E-state index in [1.807, 2.05) is 13.1 Å². The summed E-state index contributed by atoms with van der Waals surface area (Å²) in [4.78, 5) is 13.8. The number of nitrogens with zero attached hydrogens (tertiary/aromatic N) is 3. The molecule has 0 bridgehead atoms. The number of rotatable bonds is 3. The molecule has 0 atom stereocenters. The maximum atomic E-state index is 13.0. The number of amides is 1. The van der Waals surface area contributed by atoms with E-state index in [2.05, 4.69) is 10.4 Å². The van der Waals surface area contributed by atoms with Crippen LogP contribution in [0.3, 0.4) is 0 Å². The molecule has 3 rings (SSSR count). The molecule has 1 aliphatic heterocycles. The Morgan fingerprint density at radius 1 is 1.36 bits per heavy atom. The lowest BCUT2D eigenvalue weighted by atomic mass is 10.2. The topological polar surface area (TPSA) is 50.2 Å². The standard InChI is InChI=1S/C15H13FN4OS/c1-2-19-9-10(8-17-19)7-13-14(21)20(15(22)18-13)12-5-3-11(16)4-6-12/h3-9H,2H2,1H3,(H,18,22)/b13-7+. The highest BCUT2D eigenvalue weighted by molar-refractivity contribution is 7.80. The molecule has 1 saturated heterocycles. The summed E-state index contributed by atoms with van der Waals surface area (Å²) < 4.78 is 14.8. The maximum absolute atomic E-state index is 13.0. The van der Waals surface area contributed by atoms with E-state index >= 15 is 0 Å². The third-order valence-corrected chi connectivity index (χ3v) is 3.54. The summed E-state index contributed by atoms with van der Waals surface area (Å²) in [5, 5.41) is 7.30. The van der Waals surface area contributed by atoms with Crippen molar-refractivity contribution in [1.82, 2.24) is 15.1 Å². The van der Waals surface area contributed by atoms with Crippen molar-refractivity contribution in [3.05, 3.63) is 53.7 Å². The Balaban J connectivity index is 1.89. The van der Waals surface area contributed by atoms with Crippen molar-refractivity contribution in [1.29, 1.82) is 0 Å². The Morgan fingerprint density at radius 2 is 2.09 bits per heavy atom. The summed E-state index contributed by atoms with van der Waals surface area (Å²) in [5.41, 5.74) is 1.70. The van der Waals surface area contributed by atoms with Gasteiger partial charge < -0.3 is 5.32 Å². The molecule has 0 aliphatic carbocycles. The van der Waals surface area contributed by atoms with Crippen LogP contribution >= 0.6 is 12.2 Å². The van der Waals surface area contributed by atoms with Gasteiger partial charge in [-0.1, -0.05) is 0 Å². The zero-order chi connectivity index (χ0) is 15.7. The van der Waals surface area contributed by atoms with Gasteiger partial charge in [0.25, 0.3) is 5.91 Å². The van der Waals surface area contributed by atoms with Crippen LogP contribution in [0.15, 0.2) is 42.4 Å². The minimum Gasteiger partial charge on any atom is -0.327 e. The molecule has 112 valence electrons. The van der Waals surface area contributed by atoms with Gasteiger partial charge in [0, 0.05) is 18.3 Å². The van der Waals surface area contributed by atoms with E-state index in [0.717, 1.165) is 12.1 Å². The predicted molar refractivity (Wildman–Crippen MR) is 85.5 cm³/mol. The van der Waals surface area contributed by atoms with Crippen molar-refractivity contribution in [2.75, 3.05) is 4.90 Å². The second kappa shape index (κ2) is 5.69. The fraction of sp³-hybridized carbons (Fsp3) is 0.133. The number of carbonyl (C=O) groups excluding carboxylic acids is 1. The van der Waals surface area contributed by atoms with Gasteiger partial charge in [-0.15, -0.1) is 0 Å². The van der Waals surface area contributed by atoms with Gasteiger partial charge in [0.2, 0.25) is 0 Å². The number of halogens is 1. The molecule has 0 saturated carbocycles. The second-order valence-electron chi connectivity index (χ2n) is 4.73. The van der Waals surface area contributed by atoms with E-state index < -0.39 is 0 Å². The van der Waals surface area contributed by atoms with Crippen LogP contribution in [0.25, 0.3) is 6.08 Å². The molecule has 0 radical (unpaired) electrons. The van der Waals surface area contributed by atoms with E-state index in [1.54, 1.807) is 17.0 Å². The molecule has 5 nitrogen and oxygen atoms in total. The normalized spacial score (nSPS) is 16.5. The Kier molecular flexibility index (Phi) is 3.72. The van der Waals surface area contributed by atoms with Crippen molar-refractivity contribution < 1.29 is 9.18 Å². The largest absolute Gasteiger partial charge is 0.327 e. The molecule has 1 amide bonds. The van der Waals surface area contributed by atoms with E-state index in [9.17, 15) is 9.18 Å². The third-order valence-electron chi connectivity index (χ3n) is 3.25. The highest BCUT2D eigenvalue weighted by atomic mass is 32.1. The van der Waals surface area contributed by atoms with Gasteiger partial charge in [-0.3, -0.25) is 14.4 Å². The number of hydrogen-bond acceptors (Lipinski definition) is 3. The van der Waals surface area contributed by atoms with Gasteiger partial charge in [0.05, 0.1) is 11.9 Å². The molecule has 1 aromatic carbocycles. The molecule has 2 heterocycles. The Hall–Kier alpha value is -2.54. The number of thiocarbonyl (C=S) groups is 1. The number of carbonyl (C=O) groups is 1. The molecule has 7 heteroatoms. The smallest absolute Gasteiger partial charge is 0.281 e. The Morgan fingerprint density at radius 3 is 2.73 bits per heavy atom.